The Labute approximate surface area is 118 Å². The summed E-state index contributed by atoms with van der Waals surface area (Å²) in [5, 5.41) is 9.35. The molecule has 0 aliphatic heterocycles. The van der Waals surface area contributed by atoms with E-state index in [-0.39, 0.29) is 11.4 Å². The van der Waals surface area contributed by atoms with Gasteiger partial charge in [0.15, 0.2) is 0 Å². The lowest BCUT2D eigenvalue weighted by molar-refractivity contribution is -0.130. The molecule has 0 spiro atoms. The molecule has 0 aliphatic carbocycles. The molecule has 4 N–H and O–H groups in total. The van der Waals surface area contributed by atoms with Gasteiger partial charge in [0.2, 0.25) is 11.8 Å². The van der Waals surface area contributed by atoms with Crippen LogP contribution in [0.5, 0.6) is 0 Å². The maximum Gasteiger partial charge on any atom is 0.242 e. The maximum atomic E-state index is 12.0. The van der Waals surface area contributed by atoms with Crippen LogP contribution in [0.2, 0.25) is 0 Å². The van der Waals surface area contributed by atoms with Gasteiger partial charge in [0.1, 0.15) is 12.1 Å². The Morgan fingerprint density at radius 3 is 2.40 bits per heavy atom. The van der Waals surface area contributed by atoms with Gasteiger partial charge in [0.25, 0.3) is 0 Å². The van der Waals surface area contributed by atoms with Crippen LogP contribution in [-0.2, 0) is 16.6 Å². The van der Waals surface area contributed by atoms with Crippen molar-refractivity contribution >= 4 is 11.8 Å². The fraction of sp³-hybridized carbons (Fsp3) is 0.615. The van der Waals surface area contributed by atoms with E-state index in [2.05, 4.69) is 15.7 Å². The minimum absolute atomic E-state index is 0.246. The van der Waals surface area contributed by atoms with Crippen molar-refractivity contribution in [2.45, 2.75) is 45.3 Å². The first kappa shape index (κ1) is 16.2. The van der Waals surface area contributed by atoms with Gasteiger partial charge in [-0.2, -0.15) is 5.10 Å². The van der Waals surface area contributed by atoms with Gasteiger partial charge >= 0.3 is 0 Å². The predicted molar refractivity (Wildman–Crippen MR) is 75.6 cm³/mol. The SMILES string of the molecule is CC(NC(=O)C(N)c1cnn(C)c1)C(=O)NC(C)(C)C. The number of amides is 2. The molecular formula is C13H23N5O2. The highest BCUT2D eigenvalue weighted by molar-refractivity contribution is 5.90. The molecule has 112 valence electrons. The number of nitrogens with zero attached hydrogens (tertiary/aromatic N) is 2. The Balaban J connectivity index is 2.59. The highest BCUT2D eigenvalue weighted by atomic mass is 16.2. The van der Waals surface area contributed by atoms with E-state index in [1.54, 1.807) is 24.9 Å². The molecule has 0 aromatic carbocycles. The zero-order chi connectivity index (χ0) is 15.5. The van der Waals surface area contributed by atoms with Gasteiger partial charge in [0, 0.05) is 24.3 Å². The van der Waals surface area contributed by atoms with E-state index in [1.165, 1.54) is 6.20 Å². The van der Waals surface area contributed by atoms with Crippen molar-refractivity contribution in [2.75, 3.05) is 0 Å². The minimum atomic E-state index is -0.839. The molecule has 1 aromatic heterocycles. The molecule has 0 saturated carbocycles. The van der Waals surface area contributed by atoms with Crippen LogP contribution in [-0.4, -0.2) is 33.2 Å². The standard InChI is InChI=1S/C13H23N5O2/c1-8(11(19)17-13(2,3)4)16-12(20)10(14)9-6-15-18(5)7-9/h6-8,10H,14H2,1-5H3,(H,16,20)(H,17,19). The summed E-state index contributed by atoms with van der Waals surface area (Å²) in [6.07, 6.45) is 3.20. The number of hydrogen-bond donors (Lipinski definition) is 3. The van der Waals surface area contributed by atoms with Crippen molar-refractivity contribution in [3.63, 3.8) is 0 Å². The van der Waals surface area contributed by atoms with Crippen molar-refractivity contribution in [3.05, 3.63) is 18.0 Å². The Hall–Kier alpha value is -1.89. The molecule has 2 amide bonds. The van der Waals surface area contributed by atoms with Crippen LogP contribution in [0.3, 0.4) is 0 Å². The third-order valence-electron chi connectivity index (χ3n) is 2.62. The first-order valence-electron chi connectivity index (χ1n) is 6.46. The fourth-order valence-electron chi connectivity index (χ4n) is 1.60. The van der Waals surface area contributed by atoms with Crippen molar-refractivity contribution in [2.24, 2.45) is 12.8 Å². The van der Waals surface area contributed by atoms with Crippen LogP contribution >= 0.6 is 0 Å². The topological polar surface area (TPSA) is 102 Å². The maximum absolute atomic E-state index is 12.0. The number of hydrogen-bond acceptors (Lipinski definition) is 4. The van der Waals surface area contributed by atoms with E-state index in [1.807, 2.05) is 20.8 Å². The van der Waals surface area contributed by atoms with Gasteiger partial charge in [-0.05, 0) is 27.7 Å². The predicted octanol–water partition coefficient (Wildman–Crippen LogP) is -0.161. The third-order valence-corrected chi connectivity index (χ3v) is 2.62. The molecule has 7 heteroatoms. The van der Waals surface area contributed by atoms with Crippen LogP contribution in [0.1, 0.15) is 39.3 Å². The van der Waals surface area contributed by atoms with Gasteiger partial charge in [0.05, 0.1) is 6.20 Å². The average Bonchev–Trinajstić information content (AvgIpc) is 2.72. The molecule has 1 heterocycles. The summed E-state index contributed by atoms with van der Waals surface area (Å²) in [6.45, 7) is 7.25. The summed E-state index contributed by atoms with van der Waals surface area (Å²) >= 11 is 0. The van der Waals surface area contributed by atoms with Crippen LogP contribution < -0.4 is 16.4 Å². The largest absolute Gasteiger partial charge is 0.350 e. The molecule has 0 saturated heterocycles. The normalized spacial score (nSPS) is 14.5. The number of carbonyl (C=O) groups is 2. The zero-order valence-corrected chi connectivity index (χ0v) is 12.6. The van der Waals surface area contributed by atoms with Gasteiger partial charge in [-0.25, -0.2) is 0 Å². The monoisotopic (exact) mass is 281 g/mol. The smallest absolute Gasteiger partial charge is 0.242 e. The molecule has 1 rings (SSSR count). The van der Waals surface area contributed by atoms with Crippen LogP contribution in [0.15, 0.2) is 12.4 Å². The number of carbonyl (C=O) groups excluding carboxylic acids is 2. The van der Waals surface area contributed by atoms with E-state index in [9.17, 15) is 9.59 Å². The molecule has 20 heavy (non-hydrogen) atoms. The summed E-state index contributed by atoms with van der Waals surface area (Å²) in [4.78, 5) is 23.9. The second kappa shape index (κ2) is 6.04. The molecule has 7 nitrogen and oxygen atoms in total. The number of nitrogens with two attached hydrogens (primary N) is 1. The van der Waals surface area contributed by atoms with E-state index in [0.29, 0.717) is 5.56 Å². The minimum Gasteiger partial charge on any atom is -0.350 e. The van der Waals surface area contributed by atoms with E-state index in [4.69, 9.17) is 5.73 Å². The molecular weight excluding hydrogens is 258 g/mol. The number of nitrogens with one attached hydrogen (secondary N) is 2. The van der Waals surface area contributed by atoms with Gasteiger partial charge in [-0.1, -0.05) is 0 Å². The first-order valence-corrected chi connectivity index (χ1v) is 6.46. The first-order chi connectivity index (χ1) is 9.10. The van der Waals surface area contributed by atoms with Crippen LogP contribution in [0.25, 0.3) is 0 Å². The lowest BCUT2D eigenvalue weighted by atomic mass is 10.1. The molecule has 2 unspecified atom stereocenters. The number of rotatable bonds is 4. The van der Waals surface area contributed by atoms with Crippen molar-refractivity contribution in [1.82, 2.24) is 20.4 Å². The fourth-order valence-corrected chi connectivity index (χ4v) is 1.60. The molecule has 2 atom stereocenters. The van der Waals surface area contributed by atoms with Gasteiger partial charge in [-0.15, -0.1) is 0 Å². The summed E-state index contributed by atoms with van der Waals surface area (Å²) in [7, 11) is 1.74. The summed E-state index contributed by atoms with van der Waals surface area (Å²) in [5.74, 6) is -0.654. The Kier molecular flexibility index (Phi) is 4.88. The second-order valence-corrected chi connectivity index (χ2v) is 5.89. The summed E-state index contributed by atoms with van der Waals surface area (Å²) in [5.41, 5.74) is 6.09. The van der Waals surface area contributed by atoms with Crippen molar-refractivity contribution in [3.8, 4) is 0 Å². The quantitative estimate of drug-likeness (QED) is 0.713. The number of aromatic nitrogens is 2. The van der Waals surface area contributed by atoms with Gasteiger partial charge in [-0.3, -0.25) is 14.3 Å². The van der Waals surface area contributed by atoms with E-state index >= 15 is 0 Å². The Morgan fingerprint density at radius 2 is 1.95 bits per heavy atom. The molecule has 0 fully saturated rings. The lowest BCUT2D eigenvalue weighted by Crippen LogP contribution is -2.52. The number of aryl methyl sites for hydroxylation is 1. The van der Waals surface area contributed by atoms with E-state index in [0.717, 1.165) is 0 Å². The summed E-state index contributed by atoms with van der Waals surface area (Å²) in [6, 6.07) is -1.49. The van der Waals surface area contributed by atoms with E-state index < -0.39 is 18.0 Å². The van der Waals surface area contributed by atoms with Crippen molar-refractivity contribution in [1.29, 1.82) is 0 Å². The van der Waals surface area contributed by atoms with Crippen molar-refractivity contribution < 1.29 is 9.59 Å². The van der Waals surface area contributed by atoms with Crippen LogP contribution in [0.4, 0.5) is 0 Å². The summed E-state index contributed by atoms with van der Waals surface area (Å²) < 4.78 is 1.57. The molecule has 1 aromatic rings. The second-order valence-electron chi connectivity index (χ2n) is 5.89. The molecule has 0 aliphatic rings. The molecule has 0 bridgehead atoms. The zero-order valence-electron chi connectivity index (χ0n) is 12.6. The highest BCUT2D eigenvalue weighted by Crippen LogP contribution is 2.08. The Bertz CT molecular complexity index is 489. The van der Waals surface area contributed by atoms with Gasteiger partial charge < -0.3 is 16.4 Å². The molecule has 0 radical (unpaired) electrons. The highest BCUT2D eigenvalue weighted by Gasteiger charge is 2.24. The third kappa shape index (κ3) is 4.65. The average molecular weight is 281 g/mol. The lowest BCUT2D eigenvalue weighted by Gasteiger charge is -2.24. The Morgan fingerprint density at radius 1 is 1.35 bits per heavy atom. The van der Waals surface area contributed by atoms with Crippen LogP contribution in [0, 0.1) is 0 Å².